The maximum atomic E-state index is 10.8. The number of aromatic nitrogens is 3. The van der Waals surface area contributed by atoms with Gasteiger partial charge in [-0.1, -0.05) is 4.49 Å². The van der Waals surface area contributed by atoms with Crippen molar-refractivity contribution in [2.24, 2.45) is 0 Å². The standard InChI is InChI=1S/C9H7N3O2S/c13-9(14)7-3-4-5(10-7)1-2-6-8(4)15-12-11-6/h3,10H,1-2H2,(H,13,14). The van der Waals surface area contributed by atoms with Crippen molar-refractivity contribution in [3.63, 3.8) is 0 Å². The van der Waals surface area contributed by atoms with E-state index in [1.165, 1.54) is 11.5 Å². The number of carboxylic acid groups (broad SMARTS) is 1. The van der Waals surface area contributed by atoms with E-state index >= 15 is 0 Å². The summed E-state index contributed by atoms with van der Waals surface area (Å²) in [6.45, 7) is 0. The van der Waals surface area contributed by atoms with Gasteiger partial charge in [0, 0.05) is 11.3 Å². The van der Waals surface area contributed by atoms with Crippen molar-refractivity contribution in [2.45, 2.75) is 12.8 Å². The van der Waals surface area contributed by atoms with E-state index in [-0.39, 0.29) is 5.69 Å². The lowest BCUT2D eigenvalue weighted by Crippen LogP contribution is -2.01. The highest BCUT2D eigenvalue weighted by Crippen LogP contribution is 2.35. The number of hydrogen-bond donors (Lipinski definition) is 2. The molecular formula is C9H7N3O2S. The number of nitrogens with zero attached hydrogens (tertiary/aromatic N) is 2. The molecule has 0 atom stereocenters. The van der Waals surface area contributed by atoms with Crippen LogP contribution in [0.5, 0.6) is 0 Å². The van der Waals surface area contributed by atoms with Crippen LogP contribution in [0.1, 0.15) is 21.9 Å². The van der Waals surface area contributed by atoms with Gasteiger partial charge in [0.1, 0.15) is 5.69 Å². The summed E-state index contributed by atoms with van der Waals surface area (Å²) in [6, 6.07) is 1.66. The van der Waals surface area contributed by atoms with Gasteiger partial charge in [0.25, 0.3) is 0 Å². The molecule has 6 heteroatoms. The van der Waals surface area contributed by atoms with Gasteiger partial charge in [-0.15, -0.1) is 5.10 Å². The average molecular weight is 221 g/mol. The second-order valence-electron chi connectivity index (χ2n) is 3.43. The molecule has 3 rings (SSSR count). The van der Waals surface area contributed by atoms with E-state index < -0.39 is 5.97 Å². The van der Waals surface area contributed by atoms with Gasteiger partial charge in [-0.05, 0) is 30.4 Å². The largest absolute Gasteiger partial charge is 0.477 e. The van der Waals surface area contributed by atoms with Crippen molar-refractivity contribution in [2.75, 3.05) is 0 Å². The van der Waals surface area contributed by atoms with Gasteiger partial charge in [-0.3, -0.25) is 0 Å². The number of aromatic amines is 1. The first kappa shape index (κ1) is 8.60. The Balaban J connectivity index is 2.20. The molecule has 2 N–H and O–H groups in total. The first-order valence-corrected chi connectivity index (χ1v) is 5.30. The third-order valence-corrected chi connectivity index (χ3v) is 3.34. The highest BCUT2D eigenvalue weighted by molar-refractivity contribution is 7.09. The zero-order valence-corrected chi connectivity index (χ0v) is 8.47. The second-order valence-corrected chi connectivity index (χ2v) is 4.18. The number of nitrogens with one attached hydrogen (secondary N) is 1. The Kier molecular flexibility index (Phi) is 1.66. The summed E-state index contributed by atoms with van der Waals surface area (Å²) in [5.41, 5.74) is 3.14. The number of hydrogen-bond acceptors (Lipinski definition) is 4. The fourth-order valence-corrected chi connectivity index (χ4v) is 2.58. The van der Waals surface area contributed by atoms with Gasteiger partial charge in [0.05, 0.1) is 10.6 Å². The van der Waals surface area contributed by atoms with Crippen LogP contribution >= 0.6 is 11.5 Å². The monoisotopic (exact) mass is 221 g/mol. The minimum atomic E-state index is -0.927. The van der Waals surface area contributed by atoms with E-state index in [1.807, 2.05) is 0 Å². The Hall–Kier alpha value is -1.69. The van der Waals surface area contributed by atoms with E-state index in [4.69, 9.17) is 5.11 Å². The summed E-state index contributed by atoms with van der Waals surface area (Å²) in [6.07, 6.45) is 1.64. The molecule has 2 heterocycles. The molecule has 0 saturated carbocycles. The van der Waals surface area contributed by atoms with Crippen LogP contribution in [0.25, 0.3) is 10.4 Å². The van der Waals surface area contributed by atoms with Gasteiger partial charge in [-0.25, -0.2) is 4.79 Å². The van der Waals surface area contributed by atoms with Crippen molar-refractivity contribution in [3.8, 4) is 10.4 Å². The molecule has 0 aromatic carbocycles. The van der Waals surface area contributed by atoms with Gasteiger partial charge >= 0.3 is 5.97 Å². The fraction of sp³-hybridized carbons (Fsp3) is 0.222. The number of carbonyl (C=O) groups is 1. The molecule has 0 spiro atoms. The molecule has 0 radical (unpaired) electrons. The number of aryl methyl sites for hydroxylation is 2. The van der Waals surface area contributed by atoms with Gasteiger partial charge in [-0.2, -0.15) is 0 Å². The molecule has 2 aromatic rings. The maximum absolute atomic E-state index is 10.8. The van der Waals surface area contributed by atoms with E-state index in [2.05, 4.69) is 14.6 Å². The van der Waals surface area contributed by atoms with E-state index in [9.17, 15) is 4.79 Å². The summed E-state index contributed by atoms with van der Waals surface area (Å²) >= 11 is 1.32. The minimum Gasteiger partial charge on any atom is -0.477 e. The quantitative estimate of drug-likeness (QED) is 0.761. The summed E-state index contributed by atoms with van der Waals surface area (Å²) in [5.74, 6) is -0.927. The molecule has 0 bridgehead atoms. The van der Waals surface area contributed by atoms with Crippen molar-refractivity contribution in [3.05, 3.63) is 23.1 Å². The van der Waals surface area contributed by atoms with Gasteiger partial charge < -0.3 is 10.1 Å². The fourth-order valence-electron chi connectivity index (χ4n) is 1.83. The van der Waals surface area contributed by atoms with Crippen molar-refractivity contribution < 1.29 is 9.90 Å². The number of H-pyrrole nitrogens is 1. The second kappa shape index (κ2) is 2.90. The lowest BCUT2D eigenvalue weighted by molar-refractivity contribution is 0.0691. The van der Waals surface area contributed by atoms with Crippen molar-refractivity contribution in [1.82, 2.24) is 14.6 Å². The molecule has 5 nitrogen and oxygen atoms in total. The highest BCUT2D eigenvalue weighted by atomic mass is 32.1. The number of fused-ring (bicyclic) bond motifs is 3. The van der Waals surface area contributed by atoms with Crippen LogP contribution in [0, 0.1) is 0 Å². The van der Waals surface area contributed by atoms with E-state index in [0.717, 1.165) is 34.7 Å². The number of rotatable bonds is 1. The molecular weight excluding hydrogens is 214 g/mol. The summed E-state index contributed by atoms with van der Waals surface area (Å²) in [5, 5.41) is 12.9. The van der Waals surface area contributed by atoms with Crippen LogP contribution in [0.3, 0.4) is 0 Å². The topological polar surface area (TPSA) is 78.9 Å². The number of aromatic carboxylic acids is 1. The molecule has 15 heavy (non-hydrogen) atoms. The van der Waals surface area contributed by atoms with Crippen LogP contribution in [0.4, 0.5) is 0 Å². The smallest absolute Gasteiger partial charge is 0.352 e. The van der Waals surface area contributed by atoms with Crippen molar-refractivity contribution in [1.29, 1.82) is 0 Å². The third-order valence-electron chi connectivity index (χ3n) is 2.54. The molecule has 0 unspecified atom stereocenters. The van der Waals surface area contributed by atoms with Crippen LogP contribution in [-0.4, -0.2) is 25.6 Å². The average Bonchev–Trinajstić information content (AvgIpc) is 2.82. The summed E-state index contributed by atoms with van der Waals surface area (Å²) in [4.78, 5) is 14.7. The zero-order chi connectivity index (χ0) is 10.4. The Morgan fingerprint density at radius 1 is 1.53 bits per heavy atom. The molecule has 0 saturated heterocycles. The Morgan fingerprint density at radius 2 is 2.40 bits per heavy atom. The lowest BCUT2D eigenvalue weighted by Gasteiger charge is -2.08. The zero-order valence-electron chi connectivity index (χ0n) is 7.65. The first-order chi connectivity index (χ1) is 7.25. The highest BCUT2D eigenvalue weighted by Gasteiger charge is 2.23. The van der Waals surface area contributed by atoms with Crippen LogP contribution in [0.2, 0.25) is 0 Å². The Morgan fingerprint density at radius 3 is 3.20 bits per heavy atom. The summed E-state index contributed by atoms with van der Waals surface area (Å²) in [7, 11) is 0. The third kappa shape index (κ3) is 1.18. The van der Waals surface area contributed by atoms with Crippen LogP contribution in [0.15, 0.2) is 6.07 Å². The molecule has 2 aromatic heterocycles. The Labute approximate surface area is 88.9 Å². The van der Waals surface area contributed by atoms with Gasteiger partial charge in [0.2, 0.25) is 0 Å². The first-order valence-electron chi connectivity index (χ1n) is 4.52. The number of carboxylic acids is 1. The molecule has 0 aliphatic heterocycles. The van der Waals surface area contributed by atoms with Crippen LogP contribution in [-0.2, 0) is 12.8 Å². The summed E-state index contributed by atoms with van der Waals surface area (Å²) < 4.78 is 3.89. The molecule has 0 fully saturated rings. The van der Waals surface area contributed by atoms with E-state index in [1.54, 1.807) is 6.07 Å². The SMILES string of the molecule is O=C(O)c1cc2c([nH]1)CCc1nnsc1-2. The lowest BCUT2D eigenvalue weighted by atomic mass is 10.0. The van der Waals surface area contributed by atoms with Crippen LogP contribution < -0.4 is 0 Å². The van der Waals surface area contributed by atoms with Gasteiger partial charge in [0.15, 0.2) is 0 Å². The van der Waals surface area contributed by atoms with E-state index in [0.29, 0.717) is 0 Å². The molecule has 1 aliphatic carbocycles. The molecule has 1 aliphatic rings. The Bertz CT molecular complexity index is 543. The van der Waals surface area contributed by atoms with Crippen molar-refractivity contribution >= 4 is 17.5 Å². The predicted molar refractivity (Wildman–Crippen MR) is 54.1 cm³/mol. The predicted octanol–water partition coefficient (Wildman–Crippen LogP) is 1.33. The molecule has 76 valence electrons. The normalized spacial score (nSPS) is 13.3. The minimum absolute atomic E-state index is 0.237. The molecule has 0 amide bonds. The maximum Gasteiger partial charge on any atom is 0.352 e.